The van der Waals surface area contributed by atoms with Crippen LogP contribution < -0.4 is 10.6 Å². The molecule has 3 atom stereocenters. The second-order valence-electron chi connectivity index (χ2n) is 8.36. The molecule has 0 saturated carbocycles. The maximum absolute atomic E-state index is 13.1. The molecule has 1 aromatic carbocycles. The summed E-state index contributed by atoms with van der Waals surface area (Å²) in [4.78, 5) is 40.6. The molecule has 1 aromatic heterocycles. The topological polar surface area (TPSA) is 121 Å². The average Bonchev–Trinajstić information content (AvgIpc) is 3.23. The van der Waals surface area contributed by atoms with Crippen molar-refractivity contribution >= 4 is 28.7 Å². The Labute approximate surface area is 200 Å². The smallest absolute Gasteiger partial charge is 0.306 e. The number of nitrogens with one attached hydrogen (secondary N) is 3. The first kappa shape index (κ1) is 26.9. The highest BCUT2D eigenvalue weighted by Crippen LogP contribution is 2.20. The highest BCUT2D eigenvalue weighted by atomic mass is 16.5. The molecule has 2 aromatic rings. The molecular weight excluding hydrogens is 434 g/mol. The first-order chi connectivity index (χ1) is 16.4. The summed E-state index contributed by atoms with van der Waals surface area (Å²) in [5.74, 6) is -1.64. The minimum Gasteiger partial charge on any atom is -0.463 e. The average molecular weight is 470 g/mol. The summed E-state index contributed by atoms with van der Waals surface area (Å²) in [6.07, 6.45) is 6.58. The van der Waals surface area contributed by atoms with Gasteiger partial charge in [-0.25, -0.2) is 0 Å². The Kier molecular flexibility index (Phi) is 11.1. The maximum Gasteiger partial charge on any atom is 0.306 e. The largest absolute Gasteiger partial charge is 0.463 e. The first-order valence-corrected chi connectivity index (χ1v) is 11.5. The van der Waals surface area contributed by atoms with E-state index in [2.05, 4.69) is 28.8 Å². The number of aromatic amines is 1. The van der Waals surface area contributed by atoms with E-state index in [0.717, 1.165) is 16.5 Å². The second-order valence-corrected chi connectivity index (χ2v) is 8.36. The Morgan fingerprint density at radius 1 is 1.18 bits per heavy atom. The number of hydrogen-bond acceptors (Lipinski definition) is 5. The van der Waals surface area contributed by atoms with Gasteiger partial charge in [-0.3, -0.25) is 14.4 Å². The Balaban J connectivity index is 2.12. The predicted octanol–water partition coefficient (Wildman–Crippen LogP) is 2.78. The Morgan fingerprint density at radius 2 is 1.94 bits per heavy atom. The van der Waals surface area contributed by atoms with Crippen molar-refractivity contribution in [3.05, 3.63) is 61.3 Å². The molecule has 0 bridgehead atoms. The van der Waals surface area contributed by atoms with Gasteiger partial charge in [-0.15, -0.1) is 13.2 Å². The van der Waals surface area contributed by atoms with E-state index in [1.165, 1.54) is 0 Å². The molecule has 8 heteroatoms. The molecule has 0 aliphatic heterocycles. The van der Waals surface area contributed by atoms with Gasteiger partial charge < -0.3 is 25.5 Å². The number of aliphatic hydroxyl groups is 1. The van der Waals surface area contributed by atoms with Gasteiger partial charge in [0.05, 0.1) is 18.6 Å². The van der Waals surface area contributed by atoms with Crippen LogP contribution in [0.3, 0.4) is 0 Å². The maximum atomic E-state index is 13.1. The second kappa shape index (κ2) is 14.0. The number of aliphatic hydroxyl groups excluding tert-OH is 1. The number of aromatic nitrogens is 1. The SMILES string of the molecule is C=CCCC(=O)OC[C@H](Cc1c[nH]c2ccccc12)NC(=O)[C@@H](CC=C)CC(=O)N[C@@H](C)CO. The zero-order valence-electron chi connectivity index (χ0n) is 19.7. The van der Waals surface area contributed by atoms with Crippen LogP contribution in [-0.2, 0) is 25.5 Å². The molecule has 0 spiro atoms. The van der Waals surface area contributed by atoms with Crippen LogP contribution in [0.2, 0.25) is 0 Å². The zero-order valence-corrected chi connectivity index (χ0v) is 19.7. The fourth-order valence-electron chi connectivity index (χ4n) is 3.61. The number of carbonyl (C=O) groups excluding carboxylic acids is 3. The molecule has 0 unspecified atom stereocenters. The number of benzene rings is 1. The van der Waals surface area contributed by atoms with E-state index >= 15 is 0 Å². The number of allylic oxidation sites excluding steroid dienone is 2. The summed E-state index contributed by atoms with van der Waals surface area (Å²) in [6.45, 7) is 8.81. The van der Waals surface area contributed by atoms with E-state index in [-0.39, 0.29) is 43.8 Å². The van der Waals surface area contributed by atoms with Crippen LogP contribution in [0.25, 0.3) is 10.9 Å². The molecule has 184 valence electrons. The summed E-state index contributed by atoms with van der Waals surface area (Å²) in [5.41, 5.74) is 1.96. The van der Waals surface area contributed by atoms with Gasteiger partial charge in [-0.2, -0.15) is 0 Å². The van der Waals surface area contributed by atoms with Crippen LogP contribution >= 0.6 is 0 Å². The molecule has 0 saturated heterocycles. The summed E-state index contributed by atoms with van der Waals surface area (Å²) in [7, 11) is 0. The number of rotatable bonds is 15. The van der Waals surface area contributed by atoms with Gasteiger partial charge in [0.25, 0.3) is 0 Å². The van der Waals surface area contributed by atoms with Crippen molar-refractivity contribution in [3.63, 3.8) is 0 Å². The van der Waals surface area contributed by atoms with Gasteiger partial charge in [0.2, 0.25) is 11.8 Å². The van der Waals surface area contributed by atoms with Crippen molar-refractivity contribution in [1.29, 1.82) is 0 Å². The van der Waals surface area contributed by atoms with E-state index in [0.29, 0.717) is 19.3 Å². The highest BCUT2D eigenvalue weighted by Gasteiger charge is 2.25. The highest BCUT2D eigenvalue weighted by molar-refractivity contribution is 5.86. The predicted molar refractivity (Wildman–Crippen MR) is 132 cm³/mol. The fraction of sp³-hybridized carbons (Fsp3) is 0.423. The van der Waals surface area contributed by atoms with Crippen LogP contribution in [-0.4, -0.2) is 53.2 Å². The van der Waals surface area contributed by atoms with Crippen LogP contribution in [0.5, 0.6) is 0 Å². The van der Waals surface area contributed by atoms with Gasteiger partial charge >= 0.3 is 5.97 Å². The van der Waals surface area contributed by atoms with Crippen LogP contribution in [0.15, 0.2) is 55.8 Å². The standard InChI is InChI=1S/C26H35N3O5/c1-4-6-12-25(32)34-17-21(13-20-15-27-23-11-8-7-10-22(20)23)29-26(33)19(9-5-2)14-24(31)28-18(3)16-30/h4-5,7-8,10-11,15,18-19,21,27,30H,1-2,6,9,12-14,16-17H2,3H3,(H,28,31)(H,29,33)/t18-,19-,21-/m0/s1. The molecule has 0 fully saturated rings. The lowest BCUT2D eigenvalue weighted by Crippen LogP contribution is -2.45. The number of ether oxygens (including phenoxy) is 1. The van der Waals surface area contributed by atoms with Gasteiger partial charge in [0.15, 0.2) is 0 Å². The van der Waals surface area contributed by atoms with Crippen molar-refractivity contribution in [2.75, 3.05) is 13.2 Å². The molecule has 2 rings (SSSR count). The molecular formula is C26H35N3O5. The summed E-state index contributed by atoms with van der Waals surface area (Å²) >= 11 is 0. The van der Waals surface area contributed by atoms with E-state index < -0.39 is 18.0 Å². The van der Waals surface area contributed by atoms with Crippen molar-refractivity contribution in [3.8, 4) is 0 Å². The third-order valence-electron chi connectivity index (χ3n) is 5.42. The van der Waals surface area contributed by atoms with E-state index in [1.54, 1.807) is 19.1 Å². The summed E-state index contributed by atoms with van der Waals surface area (Å²) in [5, 5.41) is 15.8. The molecule has 4 N–H and O–H groups in total. The molecule has 2 amide bonds. The number of amides is 2. The van der Waals surface area contributed by atoms with E-state index in [9.17, 15) is 14.4 Å². The molecule has 8 nitrogen and oxygen atoms in total. The van der Waals surface area contributed by atoms with Gasteiger partial charge in [0.1, 0.15) is 6.61 Å². The number of H-pyrrole nitrogens is 1. The van der Waals surface area contributed by atoms with Crippen LogP contribution in [0.4, 0.5) is 0 Å². The monoisotopic (exact) mass is 469 g/mol. The molecule has 1 heterocycles. The number of carbonyl (C=O) groups is 3. The van der Waals surface area contributed by atoms with Crippen LogP contribution in [0.1, 0.15) is 38.2 Å². The summed E-state index contributed by atoms with van der Waals surface area (Å²) in [6, 6.07) is 6.95. The fourth-order valence-corrected chi connectivity index (χ4v) is 3.61. The zero-order chi connectivity index (χ0) is 24.9. The molecule has 0 aliphatic rings. The summed E-state index contributed by atoms with van der Waals surface area (Å²) < 4.78 is 5.42. The van der Waals surface area contributed by atoms with Crippen molar-refractivity contribution in [2.45, 2.75) is 51.1 Å². The van der Waals surface area contributed by atoms with Crippen molar-refractivity contribution in [1.82, 2.24) is 15.6 Å². The Hall–Kier alpha value is -3.39. The van der Waals surface area contributed by atoms with Crippen molar-refractivity contribution < 1.29 is 24.2 Å². The third-order valence-corrected chi connectivity index (χ3v) is 5.42. The Bertz CT molecular complexity index is 984. The van der Waals surface area contributed by atoms with Crippen molar-refractivity contribution in [2.24, 2.45) is 5.92 Å². The number of fused-ring (bicyclic) bond motifs is 1. The number of esters is 1. The number of para-hydroxylation sites is 1. The van der Waals surface area contributed by atoms with Gasteiger partial charge in [-0.1, -0.05) is 30.4 Å². The Morgan fingerprint density at radius 3 is 2.65 bits per heavy atom. The molecule has 0 radical (unpaired) electrons. The minimum atomic E-state index is -0.634. The lowest BCUT2D eigenvalue weighted by molar-refractivity contribution is -0.145. The van der Waals surface area contributed by atoms with Gasteiger partial charge in [-0.05, 0) is 37.8 Å². The third kappa shape index (κ3) is 8.51. The lowest BCUT2D eigenvalue weighted by Gasteiger charge is -2.22. The minimum absolute atomic E-state index is 0.00970. The first-order valence-electron chi connectivity index (χ1n) is 11.5. The molecule has 34 heavy (non-hydrogen) atoms. The lowest BCUT2D eigenvalue weighted by atomic mass is 9.98. The van der Waals surface area contributed by atoms with E-state index in [1.807, 2.05) is 30.5 Å². The van der Waals surface area contributed by atoms with E-state index in [4.69, 9.17) is 9.84 Å². The quantitative estimate of drug-likeness (QED) is 0.236. The number of hydrogen-bond donors (Lipinski definition) is 4. The normalized spacial score (nSPS) is 13.5. The van der Waals surface area contributed by atoms with Crippen LogP contribution in [0, 0.1) is 5.92 Å². The van der Waals surface area contributed by atoms with Gasteiger partial charge in [0, 0.05) is 36.0 Å². The molecule has 0 aliphatic carbocycles.